The van der Waals surface area contributed by atoms with E-state index in [1.807, 2.05) is 6.07 Å². The Morgan fingerprint density at radius 2 is 1.96 bits per heavy atom. The molecular formula is C17H18N3NaO4S. The molecule has 2 amide bonds. The number of nitrogens with one attached hydrogen (secondary N) is 1. The second-order valence-electron chi connectivity index (χ2n) is 6.56. The predicted molar refractivity (Wildman–Crippen MR) is 91.8 cm³/mol. The fourth-order valence-corrected chi connectivity index (χ4v) is 4.95. The molecule has 7 nitrogen and oxygen atoms in total. The molecule has 0 spiro atoms. The number of nitrogens with zero attached hydrogens (tertiary/aromatic N) is 2. The first kappa shape index (κ1) is 21.0. The van der Waals surface area contributed by atoms with Gasteiger partial charge in [-0.05, 0) is 26.1 Å². The number of carboxylic acid groups (broad SMARTS) is 1. The van der Waals surface area contributed by atoms with E-state index in [1.54, 1.807) is 38.1 Å². The van der Waals surface area contributed by atoms with Crippen molar-refractivity contribution in [1.82, 2.24) is 10.2 Å². The number of thioether (sulfide) groups is 1. The number of amides is 2. The third kappa shape index (κ3) is 3.43. The van der Waals surface area contributed by atoms with Crippen molar-refractivity contribution < 1.29 is 49.0 Å². The quantitative estimate of drug-likeness (QED) is 0.327. The van der Waals surface area contributed by atoms with Crippen LogP contribution in [0.1, 0.15) is 25.5 Å². The van der Waals surface area contributed by atoms with Gasteiger partial charge in [-0.3, -0.25) is 14.6 Å². The van der Waals surface area contributed by atoms with Crippen LogP contribution in [-0.4, -0.2) is 51.6 Å². The van der Waals surface area contributed by atoms with Crippen LogP contribution in [0.15, 0.2) is 35.3 Å². The number of carbonyl (C=O) groups is 3. The molecule has 2 saturated heterocycles. The summed E-state index contributed by atoms with van der Waals surface area (Å²) in [6.07, 6.45) is 0. The normalized spacial score (nSPS) is 26.8. The van der Waals surface area contributed by atoms with Gasteiger partial charge in [0.05, 0.1) is 12.0 Å². The molecule has 1 aromatic rings. The second kappa shape index (κ2) is 7.72. The second-order valence-corrected chi connectivity index (χ2v) is 8.33. The topological polar surface area (TPSA) is 102 Å². The molecule has 2 aliphatic rings. The van der Waals surface area contributed by atoms with Crippen molar-refractivity contribution >= 4 is 36.3 Å². The van der Waals surface area contributed by atoms with Crippen LogP contribution in [0.3, 0.4) is 0 Å². The number of hydrogen-bond donors (Lipinski definition) is 1. The smallest absolute Gasteiger partial charge is 0.548 e. The van der Waals surface area contributed by atoms with Crippen molar-refractivity contribution in [2.75, 3.05) is 0 Å². The summed E-state index contributed by atoms with van der Waals surface area (Å²) in [7, 11) is 0. The largest absolute Gasteiger partial charge is 1.00 e. The van der Waals surface area contributed by atoms with Crippen molar-refractivity contribution in [1.29, 1.82) is 0 Å². The molecule has 1 aromatic carbocycles. The van der Waals surface area contributed by atoms with E-state index in [2.05, 4.69) is 17.0 Å². The zero-order chi connectivity index (χ0) is 18.4. The maximum Gasteiger partial charge on any atom is 1.00 e. The summed E-state index contributed by atoms with van der Waals surface area (Å²) < 4.78 is -0.686. The summed E-state index contributed by atoms with van der Waals surface area (Å²) >= 11 is 1.35. The minimum atomic E-state index is -1.28. The molecule has 1 N–H and O–H groups in total. The molecular weight excluding hydrogens is 365 g/mol. The van der Waals surface area contributed by atoms with Gasteiger partial charge >= 0.3 is 29.6 Å². The number of carbonyl (C=O) groups excluding carboxylic acids is 3. The van der Waals surface area contributed by atoms with Crippen LogP contribution in [0.2, 0.25) is 0 Å². The summed E-state index contributed by atoms with van der Waals surface area (Å²) in [6, 6.07) is 6.32. The van der Waals surface area contributed by atoms with Gasteiger partial charge in [0.25, 0.3) is 0 Å². The molecule has 0 radical (unpaired) electrons. The Morgan fingerprint density at radius 3 is 2.50 bits per heavy atom. The summed E-state index contributed by atoms with van der Waals surface area (Å²) in [6.45, 7) is 6.96. The Kier molecular flexibility index (Phi) is 6.22. The number of hydrogen-bond acceptors (Lipinski definition) is 6. The number of benzene rings is 1. The first-order valence-electron chi connectivity index (χ1n) is 7.80. The molecule has 0 bridgehead atoms. The standard InChI is InChI=1S/C17H19N3O4S.Na/c1-17(2)12(16(23)24)20-14(22)11(15(20)25-17)19-13(21)10(18-3)9-7-5-4-6-8-9;/h4-8,10-12,15H,3H2,1-2H3,(H,19,21)(H,23,24);/q;+1/p-1. The molecule has 0 saturated carbocycles. The molecule has 0 aliphatic carbocycles. The SMILES string of the molecule is C=NC(C(=O)NC1C(=O)N2C1SC(C)(C)C2C(=O)[O-])c1ccccc1.[Na+]. The maximum absolute atomic E-state index is 12.5. The Morgan fingerprint density at radius 1 is 1.35 bits per heavy atom. The molecule has 26 heavy (non-hydrogen) atoms. The molecule has 0 aromatic heterocycles. The Bertz CT molecular complexity index is 743. The van der Waals surface area contributed by atoms with Gasteiger partial charge in [-0.15, -0.1) is 11.8 Å². The van der Waals surface area contributed by atoms with E-state index in [9.17, 15) is 19.5 Å². The molecule has 132 valence electrons. The van der Waals surface area contributed by atoms with Gasteiger partial charge < -0.3 is 20.1 Å². The minimum Gasteiger partial charge on any atom is -0.548 e. The number of aliphatic imine (C=N–C) groups is 1. The Balaban J connectivity index is 0.00000243. The third-order valence-electron chi connectivity index (χ3n) is 4.51. The van der Waals surface area contributed by atoms with E-state index in [-0.39, 0.29) is 29.6 Å². The summed E-state index contributed by atoms with van der Waals surface area (Å²) in [5, 5.41) is 13.7. The summed E-state index contributed by atoms with van der Waals surface area (Å²) in [5.74, 6) is -2.14. The molecule has 2 fully saturated rings. The van der Waals surface area contributed by atoms with Crippen LogP contribution in [0.25, 0.3) is 0 Å². The number of aliphatic carboxylic acids is 1. The van der Waals surface area contributed by atoms with Gasteiger partial charge in [0, 0.05) is 4.75 Å². The van der Waals surface area contributed by atoms with Gasteiger partial charge in [-0.25, -0.2) is 0 Å². The van der Waals surface area contributed by atoms with Crippen LogP contribution < -0.4 is 40.0 Å². The summed E-state index contributed by atoms with van der Waals surface area (Å²) in [4.78, 5) is 41.5. The average molecular weight is 383 g/mol. The van der Waals surface area contributed by atoms with Crippen LogP contribution in [0.4, 0.5) is 0 Å². The van der Waals surface area contributed by atoms with Crippen molar-refractivity contribution in [3.05, 3.63) is 35.9 Å². The molecule has 4 unspecified atom stereocenters. The van der Waals surface area contributed by atoms with E-state index >= 15 is 0 Å². The molecule has 4 atom stereocenters. The Labute approximate surface area is 177 Å². The third-order valence-corrected chi connectivity index (χ3v) is 6.08. The Hall–Kier alpha value is -1.35. The fourth-order valence-electron chi connectivity index (χ4n) is 3.33. The van der Waals surface area contributed by atoms with Gasteiger partial charge in [-0.1, -0.05) is 30.3 Å². The van der Waals surface area contributed by atoms with E-state index in [0.29, 0.717) is 5.56 Å². The van der Waals surface area contributed by atoms with Gasteiger partial charge in [0.15, 0.2) is 6.04 Å². The monoisotopic (exact) mass is 383 g/mol. The molecule has 9 heteroatoms. The van der Waals surface area contributed by atoms with Crippen LogP contribution in [0.5, 0.6) is 0 Å². The number of rotatable bonds is 5. The zero-order valence-electron chi connectivity index (χ0n) is 14.8. The maximum atomic E-state index is 12.5. The first-order valence-corrected chi connectivity index (χ1v) is 8.68. The van der Waals surface area contributed by atoms with Crippen molar-refractivity contribution in [3.63, 3.8) is 0 Å². The predicted octanol–water partition coefficient (Wildman–Crippen LogP) is -3.27. The minimum absolute atomic E-state index is 0. The van der Waals surface area contributed by atoms with E-state index < -0.39 is 46.0 Å². The van der Waals surface area contributed by atoms with Crippen molar-refractivity contribution in [2.45, 2.75) is 42.1 Å². The van der Waals surface area contributed by atoms with Crippen molar-refractivity contribution in [2.24, 2.45) is 4.99 Å². The zero-order valence-corrected chi connectivity index (χ0v) is 17.7. The van der Waals surface area contributed by atoms with Crippen molar-refractivity contribution in [3.8, 4) is 0 Å². The van der Waals surface area contributed by atoms with Gasteiger partial charge in [0.1, 0.15) is 11.4 Å². The van der Waals surface area contributed by atoms with Crippen LogP contribution in [-0.2, 0) is 14.4 Å². The number of carboxylic acids is 1. The van der Waals surface area contributed by atoms with Crippen LogP contribution in [0, 0.1) is 0 Å². The number of fused-ring (bicyclic) bond motifs is 1. The fraction of sp³-hybridized carbons (Fsp3) is 0.412. The van der Waals surface area contributed by atoms with E-state index in [1.165, 1.54) is 16.7 Å². The molecule has 3 rings (SSSR count). The molecule has 2 heterocycles. The number of β-lactam (4-membered cyclic amide) rings is 1. The van der Waals surface area contributed by atoms with Gasteiger partial charge in [0.2, 0.25) is 11.8 Å². The van der Waals surface area contributed by atoms with Gasteiger partial charge in [-0.2, -0.15) is 0 Å². The van der Waals surface area contributed by atoms with Crippen LogP contribution >= 0.6 is 11.8 Å². The first-order chi connectivity index (χ1) is 11.8. The average Bonchev–Trinajstić information content (AvgIpc) is 2.82. The van der Waals surface area contributed by atoms with E-state index in [0.717, 1.165) is 0 Å². The summed E-state index contributed by atoms with van der Waals surface area (Å²) in [5.41, 5.74) is 0.672. The molecule has 2 aliphatic heterocycles. The van der Waals surface area contributed by atoms with E-state index in [4.69, 9.17) is 0 Å².